The monoisotopic (exact) mass is 273 g/mol. The Kier molecular flexibility index (Phi) is 3.29. The number of hydrogen-bond donors (Lipinski definition) is 1. The molecule has 98 valence electrons. The van der Waals surface area contributed by atoms with Gasteiger partial charge in [-0.2, -0.15) is 0 Å². The van der Waals surface area contributed by atoms with Gasteiger partial charge in [0.15, 0.2) is 10.4 Å². The lowest BCUT2D eigenvalue weighted by atomic mass is 9.84. The van der Waals surface area contributed by atoms with Crippen LogP contribution in [0.3, 0.4) is 0 Å². The van der Waals surface area contributed by atoms with E-state index in [0.29, 0.717) is 10.4 Å². The summed E-state index contributed by atoms with van der Waals surface area (Å²) in [5.74, 6) is 0.880. The fourth-order valence-corrected chi connectivity index (χ4v) is 2.99. The Hall–Kier alpha value is -1.75. The highest BCUT2D eigenvalue weighted by molar-refractivity contribution is 7.71. The largest absolute Gasteiger partial charge is 0.492 e. The Labute approximate surface area is 116 Å². The molecule has 1 aliphatic rings. The summed E-state index contributed by atoms with van der Waals surface area (Å²) in [7, 11) is 1.63. The van der Waals surface area contributed by atoms with Gasteiger partial charge in [0.1, 0.15) is 0 Å². The number of nitrogens with zero attached hydrogens (tertiary/aromatic N) is 2. The summed E-state index contributed by atoms with van der Waals surface area (Å²) in [5, 5.41) is 0. The lowest BCUT2D eigenvalue weighted by molar-refractivity contribution is 0.396. The van der Waals surface area contributed by atoms with Gasteiger partial charge in [-0.3, -0.25) is 4.98 Å². The average molecular weight is 273 g/mol. The minimum atomic E-state index is 0.213. The van der Waals surface area contributed by atoms with Crippen molar-refractivity contribution in [3.63, 3.8) is 0 Å². The van der Waals surface area contributed by atoms with Crippen LogP contribution in [0.4, 0.5) is 0 Å². The van der Waals surface area contributed by atoms with Crippen molar-refractivity contribution in [1.82, 2.24) is 15.0 Å². The first kappa shape index (κ1) is 12.3. The molecule has 3 rings (SSSR count). The number of nitrogens with one attached hydrogen (secondary N) is 1. The van der Waals surface area contributed by atoms with Crippen molar-refractivity contribution in [2.75, 3.05) is 7.11 Å². The van der Waals surface area contributed by atoms with Crippen LogP contribution >= 0.6 is 12.2 Å². The molecule has 2 aromatic heterocycles. The van der Waals surface area contributed by atoms with Gasteiger partial charge in [0, 0.05) is 12.1 Å². The number of rotatable bonds is 2. The number of aromatic nitrogens is 3. The van der Waals surface area contributed by atoms with Crippen molar-refractivity contribution >= 4 is 12.2 Å². The Morgan fingerprint density at radius 3 is 3.16 bits per heavy atom. The van der Waals surface area contributed by atoms with Gasteiger partial charge in [-0.15, -0.1) is 0 Å². The highest BCUT2D eigenvalue weighted by Crippen LogP contribution is 2.37. The molecular weight excluding hydrogens is 258 g/mol. The van der Waals surface area contributed by atoms with E-state index < -0.39 is 0 Å². The van der Waals surface area contributed by atoms with Gasteiger partial charge in [0.25, 0.3) is 0 Å². The molecule has 0 amide bonds. The smallest absolute Gasteiger partial charge is 0.175 e. The zero-order valence-electron chi connectivity index (χ0n) is 10.7. The highest BCUT2D eigenvalue weighted by Gasteiger charge is 2.26. The molecule has 1 aliphatic carbocycles. The zero-order valence-corrected chi connectivity index (χ0v) is 11.5. The maximum absolute atomic E-state index is 5.42. The van der Waals surface area contributed by atoms with Gasteiger partial charge >= 0.3 is 0 Å². The number of aryl methyl sites for hydroxylation is 1. The van der Waals surface area contributed by atoms with Crippen LogP contribution in [0.15, 0.2) is 24.7 Å². The molecule has 5 heteroatoms. The standard InChI is InChI=1S/C14H15N3OS/c1-18-13-12(16-8-17-14(13)19)10-6-2-4-9-5-3-7-15-11(9)10/h3,5,7-8,10H,2,4,6H2,1H3,(H,16,17,19). The molecule has 0 spiro atoms. The first-order valence-corrected chi connectivity index (χ1v) is 6.77. The molecule has 0 saturated heterocycles. The van der Waals surface area contributed by atoms with Crippen molar-refractivity contribution in [3.05, 3.63) is 46.2 Å². The highest BCUT2D eigenvalue weighted by atomic mass is 32.1. The Morgan fingerprint density at radius 1 is 1.42 bits per heavy atom. The predicted molar refractivity (Wildman–Crippen MR) is 75.0 cm³/mol. The van der Waals surface area contributed by atoms with E-state index >= 15 is 0 Å². The van der Waals surface area contributed by atoms with Crippen LogP contribution in [0.25, 0.3) is 0 Å². The van der Waals surface area contributed by atoms with Crippen LogP contribution in [0.5, 0.6) is 5.75 Å². The molecule has 1 unspecified atom stereocenters. The van der Waals surface area contributed by atoms with Crippen LogP contribution in [-0.2, 0) is 6.42 Å². The summed E-state index contributed by atoms with van der Waals surface area (Å²) < 4.78 is 5.92. The number of pyridine rings is 1. The third-order valence-electron chi connectivity index (χ3n) is 3.59. The molecule has 0 bridgehead atoms. The van der Waals surface area contributed by atoms with E-state index in [4.69, 9.17) is 17.0 Å². The molecule has 2 heterocycles. The minimum Gasteiger partial charge on any atom is -0.492 e. The van der Waals surface area contributed by atoms with Gasteiger partial charge in [0.05, 0.1) is 24.8 Å². The van der Waals surface area contributed by atoms with Crippen LogP contribution < -0.4 is 4.74 Å². The normalized spacial score (nSPS) is 17.8. The first-order chi connectivity index (χ1) is 9.31. The van der Waals surface area contributed by atoms with Gasteiger partial charge in [-0.05, 0) is 30.9 Å². The lowest BCUT2D eigenvalue weighted by Gasteiger charge is -2.25. The Morgan fingerprint density at radius 2 is 2.32 bits per heavy atom. The SMILES string of the molecule is COc1c(C2CCCc3cccnc32)[nH]cnc1=S. The number of hydrogen-bond acceptors (Lipinski definition) is 4. The maximum Gasteiger partial charge on any atom is 0.175 e. The molecule has 19 heavy (non-hydrogen) atoms. The third-order valence-corrected chi connectivity index (χ3v) is 3.88. The van der Waals surface area contributed by atoms with Crippen LogP contribution in [-0.4, -0.2) is 22.1 Å². The maximum atomic E-state index is 5.42. The van der Waals surface area contributed by atoms with E-state index in [9.17, 15) is 0 Å². The number of methoxy groups -OCH3 is 1. The van der Waals surface area contributed by atoms with Gasteiger partial charge < -0.3 is 9.72 Å². The molecule has 0 saturated carbocycles. The van der Waals surface area contributed by atoms with E-state index in [1.54, 1.807) is 13.4 Å². The second-order valence-corrected chi connectivity index (χ2v) is 5.03. The van der Waals surface area contributed by atoms with E-state index in [1.807, 2.05) is 12.3 Å². The Balaban J connectivity index is 2.14. The number of fused-ring (bicyclic) bond motifs is 1. The number of ether oxygens (including phenoxy) is 1. The van der Waals surface area contributed by atoms with E-state index in [0.717, 1.165) is 30.7 Å². The second kappa shape index (κ2) is 5.09. The summed E-state index contributed by atoms with van der Waals surface area (Å²) in [5.41, 5.74) is 3.43. The van der Waals surface area contributed by atoms with Crippen molar-refractivity contribution in [2.24, 2.45) is 0 Å². The molecule has 0 aromatic carbocycles. The fourth-order valence-electron chi connectivity index (χ4n) is 2.75. The minimum absolute atomic E-state index is 0.213. The zero-order chi connectivity index (χ0) is 13.2. The number of aromatic amines is 1. The van der Waals surface area contributed by atoms with Crippen LogP contribution in [0.1, 0.15) is 35.7 Å². The molecule has 0 fully saturated rings. The van der Waals surface area contributed by atoms with Crippen molar-refractivity contribution in [1.29, 1.82) is 0 Å². The summed E-state index contributed by atoms with van der Waals surface area (Å²) in [6.45, 7) is 0. The molecule has 1 atom stereocenters. The quantitative estimate of drug-likeness (QED) is 0.855. The molecular formula is C14H15N3OS. The summed E-state index contributed by atoms with van der Waals surface area (Å²) in [6.07, 6.45) is 6.77. The van der Waals surface area contributed by atoms with Gasteiger partial charge in [-0.25, -0.2) is 4.98 Å². The summed E-state index contributed by atoms with van der Waals surface area (Å²) >= 11 is 5.23. The number of H-pyrrole nitrogens is 1. The third kappa shape index (κ3) is 2.14. The Bertz CT molecular complexity index is 653. The molecule has 0 radical (unpaired) electrons. The summed E-state index contributed by atoms with van der Waals surface area (Å²) in [4.78, 5) is 11.8. The topological polar surface area (TPSA) is 50.8 Å². The molecule has 4 nitrogen and oxygen atoms in total. The van der Waals surface area contributed by atoms with Gasteiger partial charge in [-0.1, -0.05) is 18.3 Å². The molecule has 2 aromatic rings. The average Bonchev–Trinajstić information content (AvgIpc) is 2.46. The van der Waals surface area contributed by atoms with Crippen molar-refractivity contribution in [2.45, 2.75) is 25.2 Å². The predicted octanol–water partition coefficient (Wildman–Crippen LogP) is 3.01. The van der Waals surface area contributed by atoms with Crippen LogP contribution in [0, 0.1) is 4.64 Å². The van der Waals surface area contributed by atoms with Gasteiger partial charge in [0.2, 0.25) is 0 Å². The lowest BCUT2D eigenvalue weighted by Crippen LogP contribution is -2.15. The second-order valence-electron chi connectivity index (χ2n) is 4.65. The van der Waals surface area contributed by atoms with Crippen molar-refractivity contribution in [3.8, 4) is 5.75 Å². The first-order valence-electron chi connectivity index (χ1n) is 6.36. The van der Waals surface area contributed by atoms with E-state index in [2.05, 4.69) is 21.0 Å². The fraction of sp³-hybridized carbons (Fsp3) is 0.357. The molecule has 0 aliphatic heterocycles. The summed E-state index contributed by atoms with van der Waals surface area (Å²) in [6, 6.07) is 4.14. The molecule has 1 N–H and O–H groups in total. The van der Waals surface area contributed by atoms with E-state index in [-0.39, 0.29) is 5.92 Å². The van der Waals surface area contributed by atoms with E-state index in [1.165, 1.54) is 5.56 Å². The van der Waals surface area contributed by atoms with Crippen molar-refractivity contribution < 1.29 is 4.74 Å². The van der Waals surface area contributed by atoms with Crippen LogP contribution in [0.2, 0.25) is 0 Å².